The molecule has 0 aromatic rings. The normalized spacial score (nSPS) is 39.9. The average Bonchev–Trinajstić information content (AvgIpc) is 3.05. The minimum absolute atomic E-state index is 0.0205. The highest BCUT2D eigenvalue weighted by Crippen LogP contribution is 2.52. The number of hydrogen-bond acceptors (Lipinski definition) is 13. The second kappa shape index (κ2) is 16.5. The van der Waals surface area contributed by atoms with Gasteiger partial charge in [0.15, 0.2) is 25.2 Å². The summed E-state index contributed by atoms with van der Waals surface area (Å²) in [4.78, 5) is 0. The summed E-state index contributed by atoms with van der Waals surface area (Å²) in [6.45, 7) is 2.30. The molecule has 43 heavy (non-hydrogen) atoms. The highest BCUT2D eigenvalue weighted by molar-refractivity contribution is 7.53. The smallest absolute Gasteiger partial charge is 0.335 e. The highest BCUT2D eigenvalue weighted by Gasteiger charge is 2.60. The fraction of sp³-hybridized carbons (Fsp3) is 1.00. The van der Waals surface area contributed by atoms with Gasteiger partial charge in [0.2, 0.25) is 5.79 Å². The number of ether oxygens (including phenoxy) is 9. The van der Waals surface area contributed by atoms with Crippen LogP contribution >= 0.6 is 7.60 Å². The molecular formula is C29H51O13P. The Bertz CT molecular complexity index is 849. The fourth-order valence-corrected chi connectivity index (χ4v) is 7.50. The minimum atomic E-state index is -3.81. The molecule has 5 aliphatic rings. The van der Waals surface area contributed by atoms with Crippen molar-refractivity contribution in [3.05, 3.63) is 0 Å². The van der Waals surface area contributed by atoms with Gasteiger partial charge in [-0.1, -0.05) is 0 Å². The van der Waals surface area contributed by atoms with Gasteiger partial charge >= 0.3 is 7.60 Å². The first kappa shape index (κ1) is 34.1. The molecule has 0 bridgehead atoms. The lowest BCUT2D eigenvalue weighted by atomic mass is 9.92. The molecule has 0 aromatic heterocycles. The molecule has 1 N–H and O–H groups in total. The maximum Gasteiger partial charge on any atom is 0.335 e. The molecule has 5 heterocycles. The van der Waals surface area contributed by atoms with Gasteiger partial charge in [0.25, 0.3) is 0 Å². The molecule has 0 spiro atoms. The molecule has 0 aromatic carbocycles. The summed E-state index contributed by atoms with van der Waals surface area (Å²) >= 11 is 0. The topological polar surface area (TPSA) is 139 Å². The van der Waals surface area contributed by atoms with E-state index in [0.717, 1.165) is 57.8 Å². The maximum absolute atomic E-state index is 13.5. The predicted molar refractivity (Wildman–Crippen MR) is 151 cm³/mol. The van der Waals surface area contributed by atoms with E-state index in [1.165, 1.54) is 14.2 Å². The van der Waals surface area contributed by atoms with Crippen LogP contribution in [0.3, 0.4) is 0 Å². The lowest BCUT2D eigenvalue weighted by Gasteiger charge is -2.52. The Balaban J connectivity index is 1.49. The van der Waals surface area contributed by atoms with Crippen molar-refractivity contribution in [1.29, 1.82) is 0 Å². The monoisotopic (exact) mass is 638 g/mol. The standard InChI is InChI=1S/C29H51O13P/c1-32-43(31,33-2)20-29(30)28(41-25-14-6-10-18-37-25)27(40-24-13-5-9-17-36-24)26(39-23-12-4-8-16-35-23)21(42-29)19-38-22-11-3-7-15-34-22/h21-28,30H,3-20H2,1-2H3/t21-,22?,23?,24?,25?,26-,27+,28-,29?/m1/s1. The lowest BCUT2D eigenvalue weighted by molar-refractivity contribution is -0.402. The largest absolute Gasteiger partial charge is 0.363 e. The third-order valence-electron chi connectivity index (χ3n) is 8.68. The van der Waals surface area contributed by atoms with Crippen LogP contribution in [0.1, 0.15) is 77.0 Å². The van der Waals surface area contributed by atoms with Crippen molar-refractivity contribution in [3.63, 3.8) is 0 Å². The molecular weight excluding hydrogens is 587 g/mol. The van der Waals surface area contributed by atoms with Crippen LogP contribution in [0.4, 0.5) is 0 Å². The van der Waals surface area contributed by atoms with Crippen LogP contribution in [0, 0.1) is 0 Å². The van der Waals surface area contributed by atoms with Gasteiger partial charge in [-0.15, -0.1) is 0 Å². The van der Waals surface area contributed by atoms with Crippen molar-refractivity contribution in [1.82, 2.24) is 0 Å². The summed E-state index contributed by atoms with van der Waals surface area (Å²) in [6.07, 6.45) is 3.88. The third-order valence-corrected chi connectivity index (χ3v) is 10.6. The van der Waals surface area contributed by atoms with Crippen LogP contribution in [-0.2, 0) is 56.2 Å². The van der Waals surface area contributed by atoms with Crippen molar-refractivity contribution in [2.24, 2.45) is 0 Å². The lowest BCUT2D eigenvalue weighted by Crippen LogP contribution is -2.70. The first-order valence-electron chi connectivity index (χ1n) is 16.1. The Kier molecular flexibility index (Phi) is 13.1. The molecule has 9 atom stereocenters. The van der Waals surface area contributed by atoms with Crippen LogP contribution in [0.15, 0.2) is 0 Å². The van der Waals surface area contributed by atoms with Gasteiger partial charge in [-0.2, -0.15) is 0 Å². The third kappa shape index (κ3) is 9.41. The number of hydrogen-bond donors (Lipinski definition) is 1. The van der Waals surface area contributed by atoms with E-state index < -0.39 is 69.1 Å². The van der Waals surface area contributed by atoms with Gasteiger partial charge < -0.3 is 56.8 Å². The van der Waals surface area contributed by atoms with Gasteiger partial charge in [-0.25, -0.2) is 0 Å². The van der Waals surface area contributed by atoms with Gasteiger partial charge in [-0.3, -0.25) is 4.57 Å². The van der Waals surface area contributed by atoms with E-state index in [1.807, 2.05) is 0 Å². The van der Waals surface area contributed by atoms with Crippen LogP contribution in [0.25, 0.3) is 0 Å². The quantitative estimate of drug-likeness (QED) is 0.293. The van der Waals surface area contributed by atoms with Gasteiger partial charge in [0, 0.05) is 40.6 Å². The van der Waals surface area contributed by atoms with E-state index in [1.54, 1.807) is 0 Å². The minimum Gasteiger partial charge on any atom is -0.363 e. The Labute approximate surface area is 254 Å². The Morgan fingerprint density at radius 1 is 0.674 bits per heavy atom. The first-order chi connectivity index (χ1) is 20.9. The Hall–Kier alpha value is -0.250. The molecule has 5 unspecified atom stereocenters. The molecule has 0 aliphatic carbocycles. The summed E-state index contributed by atoms with van der Waals surface area (Å²) in [6, 6.07) is 0. The number of aliphatic hydroxyl groups is 1. The molecule has 5 fully saturated rings. The summed E-state index contributed by atoms with van der Waals surface area (Å²) < 4.78 is 80.1. The SMILES string of the molecule is COP(=O)(CC1(O)O[C@H](COC2CCCCO2)[C@@H](OC2CCCCO2)[C@H](OC2CCCCO2)[C@H]1OC1CCCCO1)OC. The predicted octanol–water partition coefficient (Wildman–Crippen LogP) is 3.84. The Morgan fingerprint density at radius 2 is 1.14 bits per heavy atom. The zero-order valence-electron chi connectivity index (χ0n) is 25.6. The van der Waals surface area contributed by atoms with Crippen molar-refractivity contribution in [2.45, 2.75) is 132 Å². The average molecular weight is 639 g/mol. The summed E-state index contributed by atoms with van der Waals surface area (Å²) in [5.74, 6) is -2.18. The van der Waals surface area contributed by atoms with Crippen molar-refractivity contribution >= 4 is 7.60 Å². The Morgan fingerprint density at radius 3 is 1.60 bits per heavy atom. The molecule has 14 heteroatoms. The van der Waals surface area contributed by atoms with E-state index in [0.29, 0.717) is 45.7 Å². The van der Waals surface area contributed by atoms with E-state index in [9.17, 15) is 9.67 Å². The van der Waals surface area contributed by atoms with Crippen molar-refractivity contribution < 1.29 is 61.4 Å². The molecule has 0 saturated carbocycles. The van der Waals surface area contributed by atoms with E-state index in [-0.39, 0.29) is 6.61 Å². The molecule has 13 nitrogen and oxygen atoms in total. The second-order valence-corrected chi connectivity index (χ2v) is 14.2. The molecule has 0 amide bonds. The van der Waals surface area contributed by atoms with Crippen LogP contribution in [0.2, 0.25) is 0 Å². The first-order valence-corrected chi connectivity index (χ1v) is 17.8. The van der Waals surface area contributed by atoms with Crippen LogP contribution in [0.5, 0.6) is 0 Å². The van der Waals surface area contributed by atoms with Crippen molar-refractivity contribution in [2.75, 3.05) is 53.4 Å². The zero-order chi connectivity index (χ0) is 30.1. The zero-order valence-corrected chi connectivity index (χ0v) is 26.5. The molecule has 5 rings (SSSR count). The highest BCUT2D eigenvalue weighted by atomic mass is 31.2. The number of rotatable bonds is 13. The second-order valence-electron chi connectivity index (χ2n) is 11.9. The summed E-state index contributed by atoms with van der Waals surface area (Å²) in [5, 5.41) is 12.4. The molecule has 5 saturated heterocycles. The summed E-state index contributed by atoms with van der Waals surface area (Å²) in [7, 11) is -1.27. The fourth-order valence-electron chi connectivity index (χ4n) is 6.29. The van der Waals surface area contributed by atoms with Crippen LogP contribution in [-0.4, -0.2) is 114 Å². The van der Waals surface area contributed by atoms with E-state index in [2.05, 4.69) is 0 Å². The molecule has 0 radical (unpaired) electrons. The van der Waals surface area contributed by atoms with E-state index >= 15 is 0 Å². The van der Waals surface area contributed by atoms with Gasteiger partial charge in [-0.05, 0) is 77.0 Å². The van der Waals surface area contributed by atoms with E-state index in [4.69, 9.17) is 51.7 Å². The summed E-state index contributed by atoms with van der Waals surface area (Å²) in [5.41, 5.74) is 0. The molecule has 5 aliphatic heterocycles. The van der Waals surface area contributed by atoms with Crippen molar-refractivity contribution in [3.8, 4) is 0 Å². The van der Waals surface area contributed by atoms with Gasteiger partial charge in [0.05, 0.1) is 6.61 Å². The molecule has 250 valence electrons. The maximum atomic E-state index is 13.5. The van der Waals surface area contributed by atoms with Gasteiger partial charge in [0.1, 0.15) is 30.6 Å². The van der Waals surface area contributed by atoms with Crippen LogP contribution < -0.4 is 0 Å².